The van der Waals surface area contributed by atoms with Crippen LogP contribution in [0.4, 0.5) is 0 Å². The molecule has 2 unspecified atom stereocenters. The van der Waals surface area contributed by atoms with Gasteiger partial charge in [0, 0.05) is 19.1 Å². The van der Waals surface area contributed by atoms with E-state index in [0.717, 1.165) is 25.4 Å². The fraction of sp³-hybridized carbons (Fsp3) is 0.941. The van der Waals surface area contributed by atoms with Crippen molar-refractivity contribution in [1.29, 1.82) is 0 Å². The van der Waals surface area contributed by atoms with E-state index in [1.807, 2.05) is 0 Å². The molecule has 0 spiro atoms. The van der Waals surface area contributed by atoms with E-state index in [0.29, 0.717) is 17.9 Å². The summed E-state index contributed by atoms with van der Waals surface area (Å²) in [7, 11) is 0. The lowest BCUT2D eigenvalue weighted by atomic mass is 10.0. The smallest absolute Gasteiger partial charge is 0.188 e. The molecule has 1 saturated heterocycles. The molecule has 1 fully saturated rings. The fourth-order valence-corrected chi connectivity index (χ4v) is 2.92. The summed E-state index contributed by atoms with van der Waals surface area (Å²) in [5, 5.41) is 3.32. The maximum absolute atomic E-state index is 5.99. The summed E-state index contributed by atoms with van der Waals surface area (Å²) >= 11 is 0. The van der Waals surface area contributed by atoms with Crippen LogP contribution in [-0.2, 0) is 0 Å². The molecule has 1 rings (SSSR count). The van der Waals surface area contributed by atoms with Crippen molar-refractivity contribution in [3.63, 3.8) is 0 Å². The summed E-state index contributed by atoms with van der Waals surface area (Å²) in [6.45, 7) is 13.5. The maximum Gasteiger partial charge on any atom is 0.188 e. The minimum atomic E-state index is 0.418. The van der Waals surface area contributed by atoms with Gasteiger partial charge in [0.2, 0.25) is 0 Å². The van der Waals surface area contributed by atoms with E-state index in [1.165, 1.54) is 38.8 Å². The summed E-state index contributed by atoms with van der Waals surface area (Å²) in [6.07, 6.45) is 6.42. The second kappa shape index (κ2) is 10.0. The molecule has 0 aromatic heterocycles. The molecule has 124 valence electrons. The molecule has 4 heteroatoms. The van der Waals surface area contributed by atoms with Gasteiger partial charge in [-0.25, -0.2) is 0 Å². The Morgan fingerprint density at radius 2 is 1.81 bits per heavy atom. The molecule has 0 aromatic rings. The van der Waals surface area contributed by atoms with Crippen LogP contribution in [-0.4, -0.2) is 43.1 Å². The number of nitrogens with zero attached hydrogens (tertiary/aromatic N) is 2. The average Bonchev–Trinajstić information content (AvgIpc) is 2.88. The predicted molar refractivity (Wildman–Crippen MR) is 92.6 cm³/mol. The Morgan fingerprint density at radius 3 is 2.43 bits per heavy atom. The van der Waals surface area contributed by atoms with E-state index in [2.05, 4.69) is 42.9 Å². The normalized spacial score (nSPS) is 20.0. The number of nitrogens with two attached hydrogens (primary N) is 1. The Balaban J connectivity index is 2.15. The van der Waals surface area contributed by atoms with Crippen LogP contribution in [0.5, 0.6) is 0 Å². The second-order valence-electron chi connectivity index (χ2n) is 7.21. The third-order valence-corrected chi connectivity index (χ3v) is 4.15. The predicted octanol–water partition coefficient (Wildman–Crippen LogP) is 2.84. The van der Waals surface area contributed by atoms with Crippen LogP contribution in [0.25, 0.3) is 0 Å². The van der Waals surface area contributed by atoms with Crippen molar-refractivity contribution in [2.24, 2.45) is 22.6 Å². The first-order valence-electron chi connectivity index (χ1n) is 8.76. The van der Waals surface area contributed by atoms with Crippen molar-refractivity contribution in [2.45, 2.75) is 65.8 Å². The number of rotatable bonds is 9. The van der Waals surface area contributed by atoms with Gasteiger partial charge >= 0.3 is 0 Å². The van der Waals surface area contributed by atoms with Crippen molar-refractivity contribution in [3.8, 4) is 0 Å². The lowest BCUT2D eigenvalue weighted by Gasteiger charge is -2.19. The number of aliphatic imine (C=N–C) groups is 1. The lowest BCUT2D eigenvalue weighted by Crippen LogP contribution is -2.39. The van der Waals surface area contributed by atoms with Gasteiger partial charge in [0.1, 0.15) is 0 Å². The molecule has 0 amide bonds. The van der Waals surface area contributed by atoms with Crippen LogP contribution in [0.1, 0.15) is 59.8 Å². The van der Waals surface area contributed by atoms with E-state index in [9.17, 15) is 0 Å². The zero-order valence-electron chi connectivity index (χ0n) is 14.6. The zero-order valence-corrected chi connectivity index (χ0v) is 14.6. The van der Waals surface area contributed by atoms with Crippen LogP contribution < -0.4 is 11.1 Å². The van der Waals surface area contributed by atoms with Crippen molar-refractivity contribution >= 4 is 5.96 Å². The number of guanidine groups is 1. The largest absolute Gasteiger partial charge is 0.370 e. The summed E-state index contributed by atoms with van der Waals surface area (Å²) in [5.74, 6) is 1.98. The molecule has 4 nitrogen and oxygen atoms in total. The lowest BCUT2D eigenvalue weighted by molar-refractivity contribution is 0.291. The van der Waals surface area contributed by atoms with Gasteiger partial charge in [-0.3, -0.25) is 4.99 Å². The van der Waals surface area contributed by atoms with Crippen molar-refractivity contribution in [2.75, 3.05) is 26.2 Å². The van der Waals surface area contributed by atoms with Crippen LogP contribution in [0.15, 0.2) is 4.99 Å². The van der Waals surface area contributed by atoms with Gasteiger partial charge in [-0.05, 0) is 51.1 Å². The van der Waals surface area contributed by atoms with Gasteiger partial charge in [0.15, 0.2) is 5.96 Å². The Hall–Kier alpha value is -0.770. The summed E-state index contributed by atoms with van der Waals surface area (Å²) in [6, 6.07) is 0.418. The number of hydrogen-bond acceptors (Lipinski definition) is 2. The highest BCUT2D eigenvalue weighted by atomic mass is 15.1. The van der Waals surface area contributed by atoms with Gasteiger partial charge < -0.3 is 16.0 Å². The van der Waals surface area contributed by atoms with Crippen LogP contribution >= 0.6 is 0 Å². The molecule has 3 N–H and O–H groups in total. The third kappa shape index (κ3) is 8.97. The van der Waals surface area contributed by atoms with Gasteiger partial charge in [-0.1, -0.05) is 33.6 Å². The minimum absolute atomic E-state index is 0.418. The zero-order chi connectivity index (χ0) is 15.7. The Bertz CT molecular complexity index is 295. The SMILES string of the molecule is CC(C)CCCC(C)NC(N)=NCC(C)CN1CCCC1. The van der Waals surface area contributed by atoms with Gasteiger partial charge in [-0.2, -0.15) is 0 Å². The average molecular weight is 297 g/mol. The van der Waals surface area contributed by atoms with Crippen molar-refractivity contribution in [1.82, 2.24) is 10.2 Å². The molecule has 0 bridgehead atoms. The molecule has 21 heavy (non-hydrogen) atoms. The second-order valence-corrected chi connectivity index (χ2v) is 7.21. The third-order valence-electron chi connectivity index (χ3n) is 4.15. The molecule has 2 atom stereocenters. The quantitative estimate of drug-likeness (QED) is 0.508. The van der Waals surface area contributed by atoms with Crippen molar-refractivity contribution < 1.29 is 0 Å². The van der Waals surface area contributed by atoms with E-state index in [1.54, 1.807) is 0 Å². The number of hydrogen-bond donors (Lipinski definition) is 2. The van der Waals surface area contributed by atoms with E-state index < -0.39 is 0 Å². The van der Waals surface area contributed by atoms with E-state index in [-0.39, 0.29) is 0 Å². The standard InChI is InChI=1S/C17H36N4/c1-14(2)8-7-9-16(4)20-17(18)19-12-15(3)13-21-10-5-6-11-21/h14-16H,5-13H2,1-4H3,(H3,18,19,20). The number of nitrogens with one attached hydrogen (secondary N) is 1. The maximum atomic E-state index is 5.99. The first-order chi connectivity index (χ1) is 9.97. The molecule has 1 heterocycles. The minimum Gasteiger partial charge on any atom is -0.370 e. The van der Waals surface area contributed by atoms with Crippen LogP contribution in [0.3, 0.4) is 0 Å². The Kier molecular flexibility index (Phi) is 8.74. The molecule has 1 aliphatic heterocycles. The Morgan fingerprint density at radius 1 is 1.14 bits per heavy atom. The number of likely N-dealkylation sites (tertiary alicyclic amines) is 1. The van der Waals surface area contributed by atoms with E-state index in [4.69, 9.17) is 5.73 Å². The molecule has 0 radical (unpaired) electrons. The van der Waals surface area contributed by atoms with Crippen molar-refractivity contribution in [3.05, 3.63) is 0 Å². The summed E-state index contributed by atoms with van der Waals surface area (Å²) in [4.78, 5) is 7.05. The first-order valence-corrected chi connectivity index (χ1v) is 8.76. The fourth-order valence-electron chi connectivity index (χ4n) is 2.92. The first kappa shape index (κ1) is 18.3. The molecule has 0 aromatic carbocycles. The highest BCUT2D eigenvalue weighted by molar-refractivity contribution is 5.78. The molecular formula is C17H36N4. The molecule has 1 aliphatic rings. The molecule has 0 aliphatic carbocycles. The highest BCUT2D eigenvalue weighted by Crippen LogP contribution is 2.10. The summed E-state index contributed by atoms with van der Waals surface area (Å²) in [5.41, 5.74) is 5.99. The van der Waals surface area contributed by atoms with E-state index >= 15 is 0 Å². The molecular weight excluding hydrogens is 260 g/mol. The van der Waals surface area contributed by atoms with Crippen LogP contribution in [0.2, 0.25) is 0 Å². The highest BCUT2D eigenvalue weighted by Gasteiger charge is 2.14. The monoisotopic (exact) mass is 296 g/mol. The van der Waals surface area contributed by atoms with Gasteiger partial charge in [-0.15, -0.1) is 0 Å². The van der Waals surface area contributed by atoms with Crippen LogP contribution in [0, 0.1) is 11.8 Å². The molecule has 0 saturated carbocycles. The topological polar surface area (TPSA) is 53.6 Å². The van der Waals surface area contributed by atoms with Gasteiger partial charge in [0.25, 0.3) is 0 Å². The summed E-state index contributed by atoms with van der Waals surface area (Å²) < 4.78 is 0. The van der Waals surface area contributed by atoms with Gasteiger partial charge in [0.05, 0.1) is 0 Å². The Labute approximate surface area is 131 Å².